The fraction of sp³-hybridized carbons (Fsp3) is 0.233. The first kappa shape index (κ1) is 20.5. The molecule has 0 bridgehead atoms. The minimum Gasteiger partial charge on any atom is -0.456 e. The molecule has 0 atom stereocenters. The number of aromatic nitrogens is 1. The number of benzene rings is 3. The fourth-order valence-corrected chi connectivity index (χ4v) is 4.40. The molecule has 0 aliphatic heterocycles. The van der Waals surface area contributed by atoms with E-state index in [1.807, 2.05) is 6.20 Å². The SMILES string of the molecule is CC(C)(C)c1ccc2c(c1)oc1ccc(-c3cc(C(C)(C)c4ccccc4)ccn3)cc12. The molecule has 0 saturated heterocycles. The van der Waals surface area contributed by atoms with Gasteiger partial charge in [-0.2, -0.15) is 0 Å². The minimum absolute atomic E-state index is 0.0915. The van der Waals surface area contributed by atoms with Crippen LogP contribution in [0.15, 0.2) is 89.5 Å². The Morgan fingerprint density at radius 3 is 2.16 bits per heavy atom. The van der Waals surface area contributed by atoms with Crippen molar-refractivity contribution in [2.75, 3.05) is 0 Å². The molecule has 3 aromatic carbocycles. The molecule has 2 heteroatoms. The van der Waals surface area contributed by atoms with Crippen LogP contribution < -0.4 is 0 Å². The maximum atomic E-state index is 6.19. The second-order valence-electron chi connectivity index (χ2n) is 10.2. The third kappa shape index (κ3) is 3.50. The fourth-order valence-electron chi connectivity index (χ4n) is 4.40. The largest absolute Gasteiger partial charge is 0.456 e. The Morgan fingerprint density at radius 1 is 0.625 bits per heavy atom. The molecule has 0 fully saturated rings. The molecule has 2 nitrogen and oxygen atoms in total. The maximum Gasteiger partial charge on any atom is 0.135 e. The van der Waals surface area contributed by atoms with E-state index in [1.165, 1.54) is 16.7 Å². The normalized spacial score (nSPS) is 12.5. The molecule has 0 radical (unpaired) electrons. The Kier molecular flexibility index (Phi) is 4.70. The maximum absolute atomic E-state index is 6.19. The predicted octanol–water partition coefficient (Wildman–Crippen LogP) is 8.27. The minimum atomic E-state index is -0.102. The van der Waals surface area contributed by atoms with Gasteiger partial charge in [-0.25, -0.2) is 0 Å². The first-order valence-corrected chi connectivity index (χ1v) is 11.2. The summed E-state index contributed by atoms with van der Waals surface area (Å²) in [6, 6.07) is 27.9. The number of pyridine rings is 1. The Bertz CT molecular complexity index is 1420. The average molecular weight is 420 g/mol. The summed E-state index contributed by atoms with van der Waals surface area (Å²) in [6.45, 7) is 11.2. The number of hydrogen-bond acceptors (Lipinski definition) is 2. The van der Waals surface area contributed by atoms with Gasteiger partial charge < -0.3 is 4.42 Å². The molecule has 0 amide bonds. The summed E-state index contributed by atoms with van der Waals surface area (Å²) in [6.07, 6.45) is 1.92. The first-order chi connectivity index (χ1) is 15.2. The summed E-state index contributed by atoms with van der Waals surface area (Å²) in [7, 11) is 0. The van der Waals surface area contributed by atoms with Crippen molar-refractivity contribution in [3.8, 4) is 11.3 Å². The van der Waals surface area contributed by atoms with E-state index in [4.69, 9.17) is 9.40 Å². The van der Waals surface area contributed by atoms with Crippen LogP contribution in [0.3, 0.4) is 0 Å². The lowest BCUT2D eigenvalue weighted by Crippen LogP contribution is -2.18. The highest BCUT2D eigenvalue weighted by Crippen LogP contribution is 2.36. The third-order valence-electron chi connectivity index (χ3n) is 6.61. The van der Waals surface area contributed by atoms with Gasteiger partial charge in [-0.3, -0.25) is 4.98 Å². The Morgan fingerprint density at radius 2 is 1.41 bits per heavy atom. The van der Waals surface area contributed by atoms with Crippen LogP contribution in [0.4, 0.5) is 0 Å². The van der Waals surface area contributed by atoms with Crippen LogP contribution in [0.5, 0.6) is 0 Å². The van der Waals surface area contributed by atoms with E-state index < -0.39 is 0 Å². The molecule has 0 saturated carbocycles. The summed E-state index contributed by atoms with van der Waals surface area (Å²) in [5.41, 5.74) is 7.75. The van der Waals surface area contributed by atoms with Gasteiger partial charge in [-0.05, 0) is 58.5 Å². The van der Waals surface area contributed by atoms with Crippen molar-refractivity contribution < 1.29 is 4.42 Å². The van der Waals surface area contributed by atoms with Gasteiger partial charge in [0.1, 0.15) is 11.2 Å². The predicted molar refractivity (Wildman–Crippen MR) is 134 cm³/mol. The standard InChI is InChI=1S/C30H29NO/c1-29(2,3)22-12-13-24-25-17-20(11-14-27(25)32-28(24)19-22)26-18-23(15-16-31-26)30(4,5)21-9-7-6-8-10-21/h6-19H,1-5H3. The van der Waals surface area contributed by atoms with Crippen LogP contribution in [-0.4, -0.2) is 4.98 Å². The van der Waals surface area contributed by atoms with E-state index in [1.54, 1.807) is 0 Å². The number of rotatable bonds is 3. The van der Waals surface area contributed by atoms with Crippen LogP contribution in [0.25, 0.3) is 33.2 Å². The van der Waals surface area contributed by atoms with Gasteiger partial charge in [-0.15, -0.1) is 0 Å². The Labute approximate surface area is 189 Å². The van der Waals surface area contributed by atoms with Crippen LogP contribution in [0.1, 0.15) is 51.3 Å². The van der Waals surface area contributed by atoms with E-state index in [9.17, 15) is 0 Å². The van der Waals surface area contributed by atoms with Crippen LogP contribution >= 0.6 is 0 Å². The molecule has 5 rings (SSSR count). The third-order valence-corrected chi connectivity index (χ3v) is 6.61. The molecule has 0 N–H and O–H groups in total. The van der Waals surface area contributed by atoms with Gasteiger partial charge in [0.05, 0.1) is 5.69 Å². The molecule has 32 heavy (non-hydrogen) atoms. The van der Waals surface area contributed by atoms with Gasteiger partial charge >= 0.3 is 0 Å². The molecular weight excluding hydrogens is 390 g/mol. The lowest BCUT2D eigenvalue weighted by molar-refractivity contribution is 0.587. The molecule has 2 aromatic heterocycles. The van der Waals surface area contributed by atoms with Crippen molar-refractivity contribution in [3.05, 3.63) is 102 Å². The van der Waals surface area contributed by atoms with E-state index in [0.717, 1.165) is 33.2 Å². The summed E-state index contributed by atoms with van der Waals surface area (Å²) in [5.74, 6) is 0. The molecule has 5 aromatic rings. The summed E-state index contributed by atoms with van der Waals surface area (Å²) >= 11 is 0. The zero-order chi connectivity index (χ0) is 22.5. The lowest BCUT2D eigenvalue weighted by Gasteiger charge is -2.26. The Balaban J connectivity index is 1.59. The zero-order valence-electron chi connectivity index (χ0n) is 19.4. The quantitative estimate of drug-likeness (QED) is 0.294. The Hall–Kier alpha value is -3.39. The van der Waals surface area contributed by atoms with Gasteiger partial charge in [0.25, 0.3) is 0 Å². The molecular formula is C30H29NO. The smallest absolute Gasteiger partial charge is 0.135 e. The summed E-state index contributed by atoms with van der Waals surface area (Å²) in [4.78, 5) is 4.70. The molecule has 0 unspecified atom stereocenters. The van der Waals surface area contributed by atoms with Crippen molar-refractivity contribution in [3.63, 3.8) is 0 Å². The zero-order valence-corrected chi connectivity index (χ0v) is 19.4. The van der Waals surface area contributed by atoms with Gasteiger partial charge in [0.2, 0.25) is 0 Å². The van der Waals surface area contributed by atoms with Crippen molar-refractivity contribution in [1.29, 1.82) is 0 Å². The summed E-state index contributed by atoms with van der Waals surface area (Å²) in [5, 5.41) is 2.28. The highest BCUT2D eigenvalue weighted by Gasteiger charge is 2.23. The van der Waals surface area contributed by atoms with Crippen molar-refractivity contribution in [1.82, 2.24) is 4.98 Å². The lowest BCUT2D eigenvalue weighted by atomic mass is 9.78. The number of furan rings is 1. The van der Waals surface area contributed by atoms with E-state index in [-0.39, 0.29) is 10.8 Å². The van der Waals surface area contributed by atoms with Crippen molar-refractivity contribution >= 4 is 21.9 Å². The van der Waals surface area contributed by atoms with Gasteiger partial charge in [0, 0.05) is 27.9 Å². The first-order valence-electron chi connectivity index (χ1n) is 11.2. The van der Waals surface area contributed by atoms with E-state index >= 15 is 0 Å². The van der Waals surface area contributed by atoms with Crippen LogP contribution in [0, 0.1) is 0 Å². The highest BCUT2D eigenvalue weighted by atomic mass is 16.3. The molecule has 0 aliphatic carbocycles. The molecule has 0 aliphatic rings. The highest BCUT2D eigenvalue weighted by molar-refractivity contribution is 6.06. The molecule has 160 valence electrons. The average Bonchev–Trinajstić information content (AvgIpc) is 3.16. The van der Waals surface area contributed by atoms with Crippen molar-refractivity contribution in [2.45, 2.75) is 45.4 Å². The van der Waals surface area contributed by atoms with Crippen LogP contribution in [0.2, 0.25) is 0 Å². The second-order valence-corrected chi connectivity index (χ2v) is 10.2. The van der Waals surface area contributed by atoms with Gasteiger partial charge in [-0.1, -0.05) is 77.1 Å². The molecule has 0 spiro atoms. The summed E-state index contributed by atoms with van der Waals surface area (Å²) < 4.78 is 6.19. The monoisotopic (exact) mass is 419 g/mol. The van der Waals surface area contributed by atoms with E-state index in [0.29, 0.717) is 0 Å². The second kappa shape index (κ2) is 7.34. The van der Waals surface area contributed by atoms with Crippen molar-refractivity contribution in [2.24, 2.45) is 0 Å². The molecule has 2 heterocycles. The topological polar surface area (TPSA) is 26.0 Å². The number of hydrogen-bond donors (Lipinski definition) is 0. The number of nitrogens with zero attached hydrogens (tertiary/aromatic N) is 1. The van der Waals surface area contributed by atoms with Crippen LogP contribution in [-0.2, 0) is 10.8 Å². The number of fused-ring (bicyclic) bond motifs is 3. The van der Waals surface area contributed by atoms with Gasteiger partial charge in [0.15, 0.2) is 0 Å². The van der Waals surface area contributed by atoms with E-state index in [2.05, 4.69) is 113 Å².